The van der Waals surface area contributed by atoms with Crippen LogP contribution in [0, 0.1) is 0 Å². The second-order valence-electron chi connectivity index (χ2n) is 7.31. The highest BCUT2D eigenvalue weighted by molar-refractivity contribution is 6.69. The Morgan fingerprint density at radius 2 is 1.75 bits per heavy atom. The van der Waals surface area contributed by atoms with Gasteiger partial charge in [0.15, 0.2) is 17.3 Å². The summed E-state index contributed by atoms with van der Waals surface area (Å²) in [5.41, 5.74) is 2.77. The van der Waals surface area contributed by atoms with E-state index in [0.29, 0.717) is 11.3 Å². The smallest absolute Gasteiger partial charge is 0.340 e. The van der Waals surface area contributed by atoms with Crippen molar-refractivity contribution in [3.05, 3.63) is 59.2 Å². The molecule has 186 valence electrons. The summed E-state index contributed by atoms with van der Waals surface area (Å²) in [7, 11) is 3.81. The number of hydrazone groups is 1. The number of methoxy groups -OCH3 is 3. The van der Waals surface area contributed by atoms with E-state index in [1.165, 1.54) is 39.5 Å². The normalized spacial score (nSPS) is 13.3. The Morgan fingerprint density at radius 1 is 1.03 bits per heavy atom. The minimum atomic E-state index is -0.755. The number of hydrogen-bond acceptors (Lipinski definition) is 10. The quantitative estimate of drug-likeness (QED) is 0.226. The molecule has 0 bridgehead atoms. The maximum atomic E-state index is 13.3. The van der Waals surface area contributed by atoms with Gasteiger partial charge < -0.3 is 19.5 Å². The molecule has 0 aliphatic carbocycles. The SMILES string of the molecule is COC(=O)c1ccc(C(=O)OC)c(N/N=C(\C(=O)Cc2ccccc2OC)C2=NC(=O)CC(=O)N2)c1. The van der Waals surface area contributed by atoms with Crippen LogP contribution < -0.4 is 15.5 Å². The van der Waals surface area contributed by atoms with Gasteiger partial charge in [-0.1, -0.05) is 18.2 Å². The Kier molecular flexibility index (Phi) is 8.23. The molecule has 36 heavy (non-hydrogen) atoms. The van der Waals surface area contributed by atoms with Gasteiger partial charge in [-0.2, -0.15) is 10.1 Å². The highest BCUT2D eigenvalue weighted by Gasteiger charge is 2.27. The van der Waals surface area contributed by atoms with Crippen LogP contribution in [0.2, 0.25) is 0 Å². The first kappa shape index (κ1) is 25.7. The summed E-state index contributed by atoms with van der Waals surface area (Å²) in [5, 5.41) is 6.43. The van der Waals surface area contributed by atoms with E-state index < -0.39 is 36.0 Å². The molecule has 2 aromatic rings. The number of amides is 2. The molecule has 2 N–H and O–H groups in total. The summed E-state index contributed by atoms with van der Waals surface area (Å²) in [6.07, 6.45) is -0.682. The molecule has 12 heteroatoms. The van der Waals surface area contributed by atoms with Crippen LogP contribution in [0.3, 0.4) is 0 Å². The maximum Gasteiger partial charge on any atom is 0.340 e. The van der Waals surface area contributed by atoms with E-state index >= 15 is 0 Å². The van der Waals surface area contributed by atoms with Crippen LogP contribution in [0.4, 0.5) is 5.69 Å². The highest BCUT2D eigenvalue weighted by atomic mass is 16.5. The lowest BCUT2D eigenvalue weighted by Gasteiger charge is -2.15. The van der Waals surface area contributed by atoms with E-state index in [2.05, 4.69) is 20.8 Å². The first-order valence-corrected chi connectivity index (χ1v) is 10.5. The first-order chi connectivity index (χ1) is 17.3. The number of benzene rings is 2. The summed E-state index contributed by atoms with van der Waals surface area (Å²) in [6, 6.07) is 10.7. The molecule has 0 saturated carbocycles. The zero-order chi connectivity index (χ0) is 26.2. The largest absolute Gasteiger partial charge is 0.496 e. The zero-order valence-electron chi connectivity index (χ0n) is 19.6. The minimum Gasteiger partial charge on any atom is -0.496 e. The summed E-state index contributed by atoms with van der Waals surface area (Å²) >= 11 is 0. The molecule has 2 aromatic carbocycles. The Morgan fingerprint density at radius 3 is 2.42 bits per heavy atom. The fourth-order valence-corrected chi connectivity index (χ4v) is 3.26. The number of carbonyl (C=O) groups excluding carboxylic acids is 5. The number of amidine groups is 1. The molecule has 0 unspecified atom stereocenters. The van der Waals surface area contributed by atoms with Gasteiger partial charge >= 0.3 is 11.9 Å². The number of esters is 2. The molecule has 12 nitrogen and oxygen atoms in total. The lowest BCUT2D eigenvalue weighted by atomic mass is 10.0. The molecule has 1 aliphatic heterocycles. The van der Waals surface area contributed by atoms with Crippen molar-refractivity contribution in [3.8, 4) is 5.75 Å². The van der Waals surface area contributed by atoms with Crippen molar-refractivity contribution in [1.82, 2.24) is 5.32 Å². The molecule has 3 rings (SSSR count). The van der Waals surface area contributed by atoms with E-state index in [-0.39, 0.29) is 34.8 Å². The molecular weight excluding hydrogens is 472 g/mol. The van der Waals surface area contributed by atoms with Gasteiger partial charge in [-0.25, -0.2) is 9.59 Å². The van der Waals surface area contributed by atoms with Crippen LogP contribution in [0.5, 0.6) is 5.75 Å². The molecule has 1 heterocycles. The molecule has 0 atom stereocenters. The van der Waals surface area contributed by atoms with Crippen molar-refractivity contribution >= 4 is 46.8 Å². The van der Waals surface area contributed by atoms with Gasteiger partial charge in [0.05, 0.1) is 38.1 Å². The van der Waals surface area contributed by atoms with E-state index in [1.54, 1.807) is 24.3 Å². The topological polar surface area (TPSA) is 162 Å². The lowest BCUT2D eigenvalue weighted by molar-refractivity contribution is -0.127. The number of nitrogens with zero attached hydrogens (tertiary/aromatic N) is 2. The fourth-order valence-electron chi connectivity index (χ4n) is 3.26. The second kappa shape index (κ2) is 11.5. The van der Waals surface area contributed by atoms with Crippen molar-refractivity contribution in [2.45, 2.75) is 12.8 Å². The molecule has 0 radical (unpaired) electrons. The van der Waals surface area contributed by atoms with Gasteiger partial charge in [0, 0.05) is 12.0 Å². The summed E-state index contributed by atoms with van der Waals surface area (Å²) in [4.78, 5) is 65.1. The van der Waals surface area contributed by atoms with Crippen LogP contribution in [0.1, 0.15) is 32.7 Å². The van der Waals surface area contributed by atoms with Gasteiger partial charge in [-0.15, -0.1) is 0 Å². The van der Waals surface area contributed by atoms with Gasteiger partial charge in [-0.3, -0.25) is 19.8 Å². The molecule has 0 spiro atoms. The number of ether oxygens (including phenoxy) is 3. The molecule has 0 saturated heterocycles. The highest BCUT2D eigenvalue weighted by Crippen LogP contribution is 2.21. The van der Waals surface area contributed by atoms with Crippen LogP contribution in [-0.2, 0) is 30.3 Å². The number of Topliss-reactive ketones (excluding diaryl/α,β-unsaturated/α-hetero) is 1. The molecular formula is C24H22N4O8. The first-order valence-electron chi connectivity index (χ1n) is 10.5. The molecule has 0 aromatic heterocycles. The van der Waals surface area contributed by atoms with Crippen LogP contribution in [-0.4, -0.2) is 62.4 Å². The maximum absolute atomic E-state index is 13.3. The van der Waals surface area contributed by atoms with Gasteiger partial charge in [0.25, 0.3) is 5.91 Å². The summed E-state index contributed by atoms with van der Waals surface area (Å²) < 4.78 is 14.7. The van der Waals surface area contributed by atoms with Crippen molar-refractivity contribution in [1.29, 1.82) is 0 Å². The monoisotopic (exact) mass is 494 g/mol. The predicted octanol–water partition coefficient (Wildman–Crippen LogP) is 1.29. The average molecular weight is 494 g/mol. The standard InChI is InChI=1S/C24H22N4O8/c1-34-18-7-5-4-6-13(18)11-17(29)21(22-25-19(30)12-20(31)26-22)28-27-16-10-14(23(32)35-2)8-9-15(16)24(33)36-3/h4-10,27H,11-12H2,1-3H3,(H,25,26,30,31)/b28-21+. The number of nitrogens with one attached hydrogen (secondary N) is 2. The third-order valence-corrected chi connectivity index (χ3v) is 4.97. The summed E-state index contributed by atoms with van der Waals surface area (Å²) in [6.45, 7) is 0. The van der Waals surface area contributed by atoms with E-state index in [0.717, 1.165) is 0 Å². The Hall–Kier alpha value is -4.87. The third kappa shape index (κ3) is 5.97. The average Bonchev–Trinajstić information content (AvgIpc) is 2.87. The van der Waals surface area contributed by atoms with Crippen molar-refractivity contribution < 1.29 is 38.2 Å². The fraction of sp³-hybridized carbons (Fsp3) is 0.208. The van der Waals surface area contributed by atoms with Crippen LogP contribution in [0.25, 0.3) is 0 Å². The number of aliphatic imine (C=N–C) groups is 1. The van der Waals surface area contributed by atoms with E-state index in [1.807, 2.05) is 0 Å². The molecule has 1 aliphatic rings. The number of rotatable bonds is 9. The third-order valence-electron chi connectivity index (χ3n) is 4.97. The number of anilines is 1. The Labute approximate surface area is 205 Å². The number of ketones is 1. The number of hydrogen-bond donors (Lipinski definition) is 2. The van der Waals surface area contributed by atoms with Gasteiger partial charge in [-0.05, 0) is 24.3 Å². The Bertz CT molecular complexity index is 1300. The zero-order valence-corrected chi connectivity index (χ0v) is 19.6. The summed E-state index contributed by atoms with van der Waals surface area (Å²) in [5.74, 6) is -3.37. The molecule has 2 amide bonds. The van der Waals surface area contributed by atoms with Crippen LogP contribution in [0.15, 0.2) is 52.6 Å². The van der Waals surface area contributed by atoms with Gasteiger partial charge in [0.1, 0.15) is 12.2 Å². The van der Waals surface area contributed by atoms with Crippen molar-refractivity contribution in [2.75, 3.05) is 26.8 Å². The van der Waals surface area contributed by atoms with E-state index in [9.17, 15) is 24.0 Å². The van der Waals surface area contributed by atoms with Crippen molar-refractivity contribution in [2.24, 2.45) is 10.1 Å². The van der Waals surface area contributed by atoms with Crippen molar-refractivity contribution in [3.63, 3.8) is 0 Å². The Balaban J connectivity index is 2.06. The minimum absolute atomic E-state index is 0.00130. The second-order valence-corrected chi connectivity index (χ2v) is 7.31. The number of carbonyl (C=O) groups is 5. The van der Waals surface area contributed by atoms with Crippen LogP contribution >= 0.6 is 0 Å². The lowest BCUT2D eigenvalue weighted by Crippen LogP contribution is -2.44. The predicted molar refractivity (Wildman–Crippen MR) is 127 cm³/mol. The number of para-hydroxylation sites is 1. The molecule has 0 fully saturated rings. The van der Waals surface area contributed by atoms with Gasteiger partial charge in [0.2, 0.25) is 5.91 Å². The van der Waals surface area contributed by atoms with E-state index in [4.69, 9.17) is 14.2 Å².